The first-order chi connectivity index (χ1) is 13.5. The Balaban J connectivity index is 1.71. The summed E-state index contributed by atoms with van der Waals surface area (Å²) in [5, 5.41) is 4.82. The van der Waals surface area contributed by atoms with Crippen molar-refractivity contribution in [3.05, 3.63) is 76.7 Å². The van der Waals surface area contributed by atoms with E-state index in [9.17, 15) is 4.79 Å². The van der Waals surface area contributed by atoms with E-state index in [1.165, 1.54) is 0 Å². The first kappa shape index (κ1) is 17.8. The molecule has 7 nitrogen and oxygen atoms in total. The Morgan fingerprint density at radius 2 is 1.82 bits per heavy atom. The van der Waals surface area contributed by atoms with E-state index in [0.29, 0.717) is 23.5 Å². The molecular weight excluding hydrogens is 352 g/mol. The number of benzene rings is 2. The van der Waals surface area contributed by atoms with Crippen LogP contribution in [0.2, 0.25) is 0 Å². The van der Waals surface area contributed by atoms with E-state index in [4.69, 9.17) is 0 Å². The third-order valence-electron chi connectivity index (χ3n) is 4.63. The van der Waals surface area contributed by atoms with Gasteiger partial charge in [0.1, 0.15) is 5.39 Å². The van der Waals surface area contributed by atoms with Crippen LogP contribution in [0, 0.1) is 0 Å². The van der Waals surface area contributed by atoms with Gasteiger partial charge in [0.25, 0.3) is 5.56 Å². The minimum absolute atomic E-state index is 0.198. The summed E-state index contributed by atoms with van der Waals surface area (Å²) in [6.07, 6.45) is 1.55. The summed E-state index contributed by atoms with van der Waals surface area (Å²) in [5.41, 5.74) is 3.47. The van der Waals surface area contributed by atoms with Crippen LogP contribution < -0.4 is 15.4 Å². The predicted octanol–water partition coefficient (Wildman–Crippen LogP) is 2.81. The molecule has 4 rings (SSSR count). The Hall–Kier alpha value is -3.61. The van der Waals surface area contributed by atoms with Crippen molar-refractivity contribution in [2.24, 2.45) is 0 Å². The van der Waals surface area contributed by atoms with Gasteiger partial charge in [-0.2, -0.15) is 10.1 Å². The first-order valence-electron chi connectivity index (χ1n) is 9.04. The van der Waals surface area contributed by atoms with Crippen molar-refractivity contribution in [3.8, 4) is 5.69 Å². The van der Waals surface area contributed by atoms with Crippen molar-refractivity contribution in [2.45, 2.75) is 6.54 Å². The summed E-state index contributed by atoms with van der Waals surface area (Å²) >= 11 is 0. The van der Waals surface area contributed by atoms with Gasteiger partial charge in [0.2, 0.25) is 5.95 Å². The van der Waals surface area contributed by atoms with Crippen molar-refractivity contribution in [1.82, 2.24) is 19.7 Å². The van der Waals surface area contributed by atoms with Crippen LogP contribution in [0.15, 0.2) is 65.6 Å². The van der Waals surface area contributed by atoms with Crippen LogP contribution in [0.4, 0.5) is 11.6 Å². The van der Waals surface area contributed by atoms with Crippen LogP contribution in [0.25, 0.3) is 16.7 Å². The van der Waals surface area contributed by atoms with Gasteiger partial charge in [-0.25, -0.2) is 4.68 Å². The highest BCUT2D eigenvalue weighted by atomic mass is 16.1. The summed E-state index contributed by atoms with van der Waals surface area (Å²) in [7, 11) is 5.94. The minimum atomic E-state index is -0.198. The first-order valence-corrected chi connectivity index (χ1v) is 9.04. The molecule has 28 heavy (non-hydrogen) atoms. The van der Waals surface area contributed by atoms with E-state index in [2.05, 4.69) is 38.2 Å². The number of hydrogen-bond acceptors (Lipinski definition) is 5. The second-order valence-corrected chi connectivity index (χ2v) is 6.94. The normalized spacial score (nSPS) is 11.0. The highest BCUT2D eigenvalue weighted by Crippen LogP contribution is 2.18. The molecule has 2 heterocycles. The van der Waals surface area contributed by atoms with Crippen molar-refractivity contribution in [3.63, 3.8) is 0 Å². The van der Waals surface area contributed by atoms with Crippen molar-refractivity contribution in [2.75, 3.05) is 30.9 Å². The molecule has 0 bridgehead atoms. The zero-order chi connectivity index (χ0) is 19.7. The molecule has 0 radical (unpaired) electrons. The second-order valence-electron chi connectivity index (χ2n) is 6.94. The Kier molecular flexibility index (Phi) is 4.57. The average Bonchev–Trinajstić information content (AvgIpc) is 3.13. The lowest BCUT2D eigenvalue weighted by molar-refractivity contribution is 0.851. The van der Waals surface area contributed by atoms with Crippen molar-refractivity contribution < 1.29 is 0 Å². The summed E-state index contributed by atoms with van der Waals surface area (Å²) < 4.78 is 1.69. The molecule has 142 valence electrons. The second kappa shape index (κ2) is 7.19. The number of nitrogens with one attached hydrogen (secondary N) is 1. The smallest absolute Gasteiger partial charge is 0.263 e. The van der Waals surface area contributed by atoms with E-state index >= 15 is 0 Å². The molecule has 2 aromatic heterocycles. The third-order valence-corrected chi connectivity index (χ3v) is 4.63. The maximum atomic E-state index is 12.6. The van der Waals surface area contributed by atoms with Gasteiger partial charge in [-0.1, -0.05) is 30.3 Å². The fourth-order valence-corrected chi connectivity index (χ4v) is 3.13. The van der Waals surface area contributed by atoms with E-state index in [1.807, 2.05) is 62.4 Å². The van der Waals surface area contributed by atoms with Crippen molar-refractivity contribution in [1.29, 1.82) is 0 Å². The molecule has 2 aromatic carbocycles. The Bertz CT molecular complexity index is 1160. The number of hydrogen-bond donors (Lipinski definition) is 1. The van der Waals surface area contributed by atoms with Crippen LogP contribution in [0.1, 0.15) is 5.56 Å². The molecule has 0 amide bonds. The quantitative estimate of drug-likeness (QED) is 0.582. The molecular formula is C21H22N6O. The molecule has 4 aromatic rings. The van der Waals surface area contributed by atoms with Crippen LogP contribution >= 0.6 is 0 Å². The van der Waals surface area contributed by atoms with Gasteiger partial charge in [-0.15, -0.1) is 0 Å². The molecule has 1 N–H and O–H groups in total. The molecule has 7 heteroatoms. The van der Waals surface area contributed by atoms with Gasteiger partial charge in [-0.3, -0.25) is 9.78 Å². The fourth-order valence-electron chi connectivity index (χ4n) is 3.13. The van der Waals surface area contributed by atoms with Gasteiger partial charge in [0.05, 0.1) is 11.9 Å². The van der Waals surface area contributed by atoms with Crippen LogP contribution in [0.5, 0.6) is 0 Å². The molecule has 0 aliphatic rings. The Morgan fingerprint density at radius 1 is 1.04 bits per heavy atom. The zero-order valence-electron chi connectivity index (χ0n) is 16.1. The third kappa shape index (κ3) is 3.34. The molecule has 0 aliphatic carbocycles. The summed E-state index contributed by atoms with van der Waals surface area (Å²) in [4.78, 5) is 24.1. The number of H-pyrrole nitrogens is 1. The molecule has 0 saturated carbocycles. The van der Waals surface area contributed by atoms with Crippen molar-refractivity contribution >= 4 is 22.7 Å². The van der Waals surface area contributed by atoms with Gasteiger partial charge < -0.3 is 9.80 Å². The molecule has 0 atom stereocenters. The zero-order valence-corrected chi connectivity index (χ0v) is 16.1. The number of aromatic amines is 1. The highest BCUT2D eigenvalue weighted by Gasteiger charge is 2.14. The maximum absolute atomic E-state index is 12.6. The fraction of sp³-hybridized carbons (Fsp3) is 0.190. The highest BCUT2D eigenvalue weighted by molar-refractivity contribution is 5.76. The lowest BCUT2D eigenvalue weighted by atomic mass is 10.2. The summed E-state index contributed by atoms with van der Waals surface area (Å²) in [6, 6.07) is 18.0. The lowest BCUT2D eigenvalue weighted by Gasteiger charge is -2.19. The van der Waals surface area contributed by atoms with Crippen LogP contribution in [0.3, 0.4) is 0 Å². The van der Waals surface area contributed by atoms with Gasteiger partial charge in [-0.05, 0) is 29.8 Å². The molecule has 0 unspecified atom stereocenters. The Labute approximate surface area is 162 Å². The van der Waals surface area contributed by atoms with Crippen LogP contribution in [-0.4, -0.2) is 40.9 Å². The van der Waals surface area contributed by atoms with Gasteiger partial charge in [0, 0.05) is 33.4 Å². The molecule has 0 saturated heterocycles. The predicted molar refractivity (Wildman–Crippen MR) is 112 cm³/mol. The largest absolute Gasteiger partial charge is 0.378 e. The number of aromatic nitrogens is 4. The summed E-state index contributed by atoms with van der Waals surface area (Å²) in [6.45, 7) is 0.621. The van der Waals surface area contributed by atoms with Gasteiger partial charge in [0.15, 0.2) is 5.65 Å². The molecule has 0 spiro atoms. The number of nitrogens with zero attached hydrogens (tertiary/aromatic N) is 5. The minimum Gasteiger partial charge on any atom is -0.378 e. The SMILES string of the molecule is CN(C)c1cccc(CN(C)c2nc3c(cnn3-c3ccccc3)c(=O)[nH]2)c1. The molecule has 0 fully saturated rings. The average molecular weight is 374 g/mol. The van der Waals surface area contributed by atoms with E-state index < -0.39 is 0 Å². The number of rotatable bonds is 5. The summed E-state index contributed by atoms with van der Waals surface area (Å²) in [5.74, 6) is 0.505. The Morgan fingerprint density at radius 3 is 2.57 bits per heavy atom. The van der Waals surface area contributed by atoms with E-state index in [0.717, 1.165) is 16.9 Å². The van der Waals surface area contributed by atoms with Gasteiger partial charge >= 0.3 is 0 Å². The van der Waals surface area contributed by atoms with Crippen LogP contribution in [-0.2, 0) is 6.54 Å². The van der Waals surface area contributed by atoms with E-state index in [-0.39, 0.29) is 5.56 Å². The lowest BCUT2D eigenvalue weighted by Crippen LogP contribution is -2.23. The number of anilines is 2. The number of fused-ring (bicyclic) bond motifs is 1. The standard InChI is InChI=1S/C21H22N6O/c1-25(2)17-11-7-8-15(12-17)14-26(3)21-23-19-18(20(28)24-21)13-22-27(19)16-9-5-4-6-10-16/h4-13H,14H2,1-3H3,(H,23,24,28). The maximum Gasteiger partial charge on any atom is 0.263 e. The molecule has 0 aliphatic heterocycles. The number of para-hydroxylation sites is 1. The topological polar surface area (TPSA) is 70.1 Å². The monoisotopic (exact) mass is 374 g/mol. The van der Waals surface area contributed by atoms with E-state index in [1.54, 1.807) is 10.9 Å².